The normalized spacial score (nSPS) is 12.7. The van der Waals surface area contributed by atoms with Crippen LogP contribution >= 0.6 is 0 Å². The zero-order valence-electron chi connectivity index (χ0n) is 56.5. The van der Waals surface area contributed by atoms with Crippen molar-refractivity contribution in [3.8, 4) is 28.4 Å². The standard InChI is InChI=1S/C97H59N7/c1-57(59-44-46-68-75-49-77-70-39-24-38-69-76-48-73-66-35-18-21-40-81(66)99(61-27-10-4-11-28-61)86(73)54-89(76)103(96(69)70)90(77)56-88(75)102(84(68)47-59)64-33-16-7-17-34-64)43-45-65-58(2)98(60-25-8-3-9-26-60)85-53-92-80(51-72(65)85)95-94-71-37-20-23-42-83(71)101(63-31-14-6-15-32-63)93(94)52-79-78-50-74-67-36-19-22-41-82(67)100(62-29-12-5-13-30-62)87(74)55-91(78)104(92)97(79)95/h3-56H,1H2,2H3/b45-43-. The van der Waals surface area contributed by atoms with E-state index >= 15 is 0 Å². The minimum atomic E-state index is 0.927. The van der Waals surface area contributed by atoms with Crippen molar-refractivity contribution in [3.05, 3.63) is 345 Å². The molecule has 0 amide bonds. The van der Waals surface area contributed by atoms with Gasteiger partial charge in [-0.1, -0.05) is 195 Å². The molecule has 7 heteroatoms. The maximum atomic E-state index is 4.93. The molecule has 0 aliphatic carbocycles. The van der Waals surface area contributed by atoms with Crippen LogP contribution in [0.1, 0.15) is 16.8 Å². The van der Waals surface area contributed by atoms with E-state index < -0.39 is 0 Å². The van der Waals surface area contributed by atoms with Gasteiger partial charge in [0.1, 0.15) is 0 Å². The van der Waals surface area contributed by atoms with Crippen molar-refractivity contribution in [1.29, 1.82) is 0 Å². The molecule has 0 saturated carbocycles. The van der Waals surface area contributed by atoms with Crippen LogP contribution in [0.3, 0.4) is 0 Å². The molecule has 0 radical (unpaired) electrons. The Morgan fingerprint density at radius 1 is 0.240 bits per heavy atom. The van der Waals surface area contributed by atoms with Gasteiger partial charge in [0.05, 0.1) is 82.8 Å². The van der Waals surface area contributed by atoms with Crippen molar-refractivity contribution >= 4 is 186 Å². The number of hydrogen-bond acceptors (Lipinski definition) is 0. The van der Waals surface area contributed by atoms with Crippen molar-refractivity contribution in [3.63, 3.8) is 0 Å². The van der Waals surface area contributed by atoms with Crippen LogP contribution in [0.25, 0.3) is 214 Å². The molecule has 0 aliphatic rings. The van der Waals surface area contributed by atoms with Gasteiger partial charge in [-0.05, 0) is 158 Å². The van der Waals surface area contributed by atoms with Crippen LogP contribution in [-0.4, -0.2) is 31.6 Å². The Hall–Kier alpha value is -13.9. The van der Waals surface area contributed by atoms with Gasteiger partial charge in [-0.2, -0.15) is 0 Å². The fraction of sp³-hybridized carbons (Fsp3) is 0.0103. The van der Waals surface area contributed by atoms with Gasteiger partial charge in [0.2, 0.25) is 0 Å². The number of aromatic nitrogens is 7. The predicted molar refractivity (Wildman–Crippen MR) is 439 cm³/mol. The van der Waals surface area contributed by atoms with Crippen LogP contribution in [-0.2, 0) is 0 Å². The molecule has 104 heavy (non-hydrogen) atoms. The summed E-state index contributed by atoms with van der Waals surface area (Å²) < 4.78 is 17.5. The molecule has 0 unspecified atom stereocenters. The smallest absolute Gasteiger partial charge is 0.0628 e. The third-order valence-corrected chi connectivity index (χ3v) is 23.2. The van der Waals surface area contributed by atoms with E-state index in [1.54, 1.807) is 0 Å². The van der Waals surface area contributed by atoms with Gasteiger partial charge in [0, 0.05) is 131 Å². The SMILES string of the molecule is C=C(/C=C\c1c(C)n(-c2ccccc2)c2cc3c(cc12)c1c2c4ccccc4n(-c4ccccc4)c2cc2c4cc5c6ccccc6n(-c6ccccc6)c5cc4n3c21)c1ccc2c3cc4c5cccc6c7cc8c9ccccc9n(-c9ccccc9)c8cc7n(c4cc3n(-c3ccccc3)c2c1)c65. The summed E-state index contributed by atoms with van der Waals surface area (Å²) in [6.45, 7) is 7.21. The molecule has 0 saturated heterocycles. The molecule has 0 bridgehead atoms. The second kappa shape index (κ2) is 20.4. The fourth-order valence-corrected chi connectivity index (χ4v) is 18.9. The van der Waals surface area contributed by atoms with Crippen LogP contribution in [0, 0.1) is 6.92 Å². The molecular weight excluding hydrogens is 1260 g/mol. The predicted octanol–water partition coefficient (Wildman–Crippen LogP) is 25.4. The molecule has 9 aromatic heterocycles. The fourth-order valence-electron chi connectivity index (χ4n) is 18.9. The van der Waals surface area contributed by atoms with E-state index in [4.69, 9.17) is 6.58 Å². The van der Waals surface area contributed by atoms with Crippen LogP contribution in [0.4, 0.5) is 0 Å². The Morgan fingerprint density at radius 3 is 1.11 bits per heavy atom. The molecule has 0 spiro atoms. The summed E-state index contributed by atoms with van der Waals surface area (Å²) in [5.74, 6) is 0. The van der Waals surface area contributed by atoms with Gasteiger partial charge < -0.3 is 31.6 Å². The van der Waals surface area contributed by atoms with Crippen LogP contribution in [0.5, 0.6) is 0 Å². The van der Waals surface area contributed by atoms with Gasteiger partial charge in [-0.25, -0.2) is 0 Å². The Bertz CT molecular complexity index is 7890. The Kier molecular flexibility index (Phi) is 11.0. The third kappa shape index (κ3) is 7.28. The zero-order chi connectivity index (χ0) is 67.9. The van der Waals surface area contributed by atoms with Crippen LogP contribution < -0.4 is 0 Å². The second-order valence-corrected chi connectivity index (χ2v) is 28.5. The first-order valence-electron chi connectivity index (χ1n) is 35.9. The minimum Gasteiger partial charge on any atom is -0.313 e. The summed E-state index contributed by atoms with van der Waals surface area (Å²) in [7, 11) is 0. The lowest BCUT2D eigenvalue weighted by atomic mass is 9.99. The molecule has 24 aromatic rings. The lowest BCUT2D eigenvalue weighted by molar-refractivity contribution is 1.05. The summed E-state index contributed by atoms with van der Waals surface area (Å²) in [5.41, 5.74) is 27.7. The van der Waals surface area contributed by atoms with Crippen molar-refractivity contribution in [2.24, 2.45) is 0 Å². The van der Waals surface area contributed by atoms with Gasteiger partial charge in [0.15, 0.2) is 0 Å². The molecule has 9 heterocycles. The van der Waals surface area contributed by atoms with E-state index in [2.05, 4.69) is 366 Å². The number of benzene rings is 15. The van der Waals surface area contributed by atoms with E-state index in [1.807, 2.05) is 0 Å². The second-order valence-electron chi connectivity index (χ2n) is 28.5. The summed E-state index contributed by atoms with van der Waals surface area (Å²) in [4.78, 5) is 0. The molecule has 0 atom stereocenters. The first-order chi connectivity index (χ1) is 51.5. The number of rotatable bonds is 8. The van der Waals surface area contributed by atoms with Crippen molar-refractivity contribution in [1.82, 2.24) is 31.6 Å². The molecule has 0 fully saturated rings. The highest BCUT2D eigenvalue weighted by atomic mass is 15.0. The summed E-state index contributed by atoms with van der Waals surface area (Å²) in [5, 5.41) is 21.0. The highest BCUT2D eigenvalue weighted by Crippen LogP contribution is 2.51. The molecule has 482 valence electrons. The van der Waals surface area contributed by atoms with Gasteiger partial charge >= 0.3 is 0 Å². The highest BCUT2D eigenvalue weighted by Gasteiger charge is 2.29. The number of para-hydroxylation sites is 9. The lowest BCUT2D eigenvalue weighted by Gasteiger charge is -2.09. The maximum absolute atomic E-state index is 4.93. The number of nitrogens with zero attached hydrogens (tertiary/aromatic N) is 7. The van der Waals surface area contributed by atoms with E-state index in [9.17, 15) is 0 Å². The monoisotopic (exact) mass is 1320 g/mol. The Balaban J connectivity index is 0.723. The van der Waals surface area contributed by atoms with Gasteiger partial charge in [-0.3, -0.25) is 0 Å². The average molecular weight is 1320 g/mol. The molecule has 15 aromatic carbocycles. The highest BCUT2D eigenvalue weighted by molar-refractivity contribution is 6.38. The topological polar surface area (TPSA) is 33.5 Å². The van der Waals surface area contributed by atoms with Crippen molar-refractivity contribution in [2.45, 2.75) is 6.92 Å². The van der Waals surface area contributed by atoms with Crippen LogP contribution in [0.15, 0.2) is 328 Å². The molecule has 24 rings (SSSR count). The van der Waals surface area contributed by atoms with E-state index in [0.29, 0.717) is 0 Å². The average Bonchev–Trinajstić information content (AvgIpc) is 1.51. The summed E-state index contributed by atoms with van der Waals surface area (Å²) in [6, 6.07) is 117. The van der Waals surface area contributed by atoms with Crippen molar-refractivity contribution in [2.75, 3.05) is 0 Å². The number of allylic oxidation sites excluding steroid dienone is 2. The molecule has 0 N–H and O–H groups in total. The Morgan fingerprint density at radius 2 is 0.596 bits per heavy atom. The minimum absolute atomic E-state index is 0.927. The zero-order valence-corrected chi connectivity index (χ0v) is 56.5. The van der Waals surface area contributed by atoms with Crippen molar-refractivity contribution < 1.29 is 0 Å². The third-order valence-electron chi connectivity index (χ3n) is 23.2. The Labute approximate surface area is 594 Å². The quantitative estimate of drug-likeness (QED) is 0.136. The van der Waals surface area contributed by atoms with Gasteiger partial charge in [0.25, 0.3) is 0 Å². The number of hydrogen-bond donors (Lipinski definition) is 0. The lowest BCUT2D eigenvalue weighted by Crippen LogP contribution is -1.96. The van der Waals surface area contributed by atoms with Crippen LogP contribution in [0.2, 0.25) is 0 Å². The molecule has 0 aliphatic heterocycles. The van der Waals surface area contributed by atoms with E-state index in [0.717, 1.165) is 67.4 Å². The van der Waals surface area contributed by atoms with Gasteiger partial charge in [-0.15, -0.1) is 0 Å². The van der Waals surface area contributed by atoms with E-state index in [-0.39, 0.29) is 0 Å². The van der Waals surface area contributed by atoms with E-state index in [1.165, 1.54) is 158 Å². The number of fused-ring (bicyclic) bond motifs is 26. The summed E-state index contributed by atoms with van der Waals surface area (Å²) in [6.07, 6.45) is 4.59. The maximum Gasteiger partial charge on any atom is 0.0628 e. The summed E-state index contributed by atoms with van der Waals surface area (Å²) >= 11 is 0. The first kappa shape index (κ1) is 55.9. The molecular formula is C97H59N7. The first-order valence-corrected chi connectivity index (χ1v) is 35.9. The molecule has 7 nitrogen and oxygen atoms in total. The largest absolute Gasteiger partial charge is 0.313 e.